The van der Waals surface area contributed by atoms with Crippen LogP contribution >= 0.6 is 0 Å². The number of carbonyl (C=O) groups excluding carboxylic acids is 1. The number of ether oxygens (including phenoxy) is 1. The molecule has 1 aliphatic rings. The molecule has 1 heterocycles. The third-order valence-electron chi connectivity index (χ3n) is 3.49. The number of carbonyl (C=O) groups is 1. The summed E-state index contributed by atoms with van der Waals surface area (Å²) in [5.41, 5.74) is 0. The Balaban J connectivity index is 2.33. The Hall–Kier alpha value is -0.650. The Morgan fingerprint density at radius 3 is 2.67 bits per heavy atom. The highest BCUT2D eigenvalue weighted by Crippen LogP contribution is 2.20. The first-order valence-corrected chi connectivity index (χ1v) is 6.66. The summed E-state index contributed by atoms with van der Waals surface area (Å²) in [6.07, 6.45) is -0.539. The molecule has 0 amide bonds. The monoisotopic (exact) mass is 258 g/mol. The number of β-amino-alcohol motifs (C(OH)–C–C–N with tert-alkyl or cyclic N) is 1. The molecular formula is C13H26N2O3. The van der Waals surface area contributed by atoms with Gasteiger partial charge in [0.25, 0.3) is 0 Å². The standard InChI is InChI=1S/C13H26N2O3/c1-5-18-13(17)6-11(16)8-15-7-10(2)12(9-15)14(3)4/h10-12,16H,5-9H2,1-4H3. The lowest BCUT2D eigenvalue weighted by molar-refractivity contribution is -0.145. The molecule has 3 atom stereocenters. The first kappa shape index (κ1) is 15.4. The third kappa shape index (κ3) is 4.55. The molecule has 0 aromatic rings. The normalized spacial score (nSPS) is 26.6. The van der Waals surface area contributed by atoms with Crippen molar-refractivity contribution in [2.24, 2.45) is 5.92 Å². The summed E-state index contributed by atoms with van der Waals surface area (Å²) < 4.78 is 4.83. The van der Waals surface area contributed by atoms with Crippen molar-refractivity contribution in [3.05, 3.63) is 0 Å². The van der Waals surface area contributed by atoms with E-state index in [2.05, 4.69) is 30.8 Å². The van der Waals surface area contributed by atoms with E-state index in [1.807, 2.05) is 0 Å². The lowest BCUT2D eigenvalue weighted by Crippen LogP contribution is -2.36. The van der Waals surface area contributed by atoms with E-state index in [-0.39, 0.29) is 12.4 Å². The van der Waals surface area contributed by atoms with Crippen LogP contribution in [0.5, 0.6) is 0 Å². The second kappa shape index (κ2) is 7.07. The number of likely N-dealkylation sites (N-methyl/N-ethyl adjacent to an activating group) is 1. The zero-order valence-electron chi connectivity index (χ0n) is 11.9. The number of aliphatic hydroxyl groups excluding tert-OH is 1. The highest BCUT2D eigenvalue weighted by atomic mass is 16.5. The Labute approximate surface area is 110 Å². The van der Waals surface area contributed by atoms with Gasteiger partial charge in [-0.15, -0.1) is 0 Å². The Kier molecular flexibility index (Phi) is 6.05. The van der Waals surface area contributed by atoms with E-state index < -0.39 is 6.10 Å². The zero-order chi connectivity index (χ0) is 13.7. The summed E-state index contributed by atoms with van der Waals surface area (Å²) in [6.45, 7) is 6.84. The maximum absolute atomic E-state index is 11.3. The molecule has 0 radical (unpaired) electrons. The van der Waals surface area contributed by atoms with Gasteiger partial charge in [0.15, 0.2) is 0 Å². The van der Waals surface area contributed by atoms with E-state index in [1.165, 1.54) is 0 Å². The zero-order valence-corrected chi connectivity index (χ0v) is 11.9. The maximum atomic E-state index is 11.3. The average molecular weight is 258 g/mol. The number of likely N-dealkylation sites (tertiary alicyclic amines) is 1. The van der Waals surface area contributed by atoms with Crippen molar-refractivity contribution in [2.45, 2.75) is 32.4 Å². The third-order valence-corrected chi connectivity index (χ3v) is 3.49. The number of hydrogen-bond donors (Lipinski definition) is 1. The first-order chi connectivity index (χ1) is 8.43. The van der Waals surface area contributed by atoms with Crippen LogP contribution < -0.4 is 0 Å². The second-order valence-electron chi connectivity index (χ2n) is 5.39. The molecule has 1 N–H and O–H groups in total. The Morgan fingerprint density at radius 2 is 2.17 bits per heavy atom. The van der Waals surface area contributed by atoms with Gasteiger partial charge in [-0.2, -0.15) is 0 Å². The van der Waals surface area contributed by atoms with Crippen molar-refractivity contribution >= 4 is 5.97 Å². The summed E-state index contributed by atoms with van der Waals surface area (Å²) in [4.78, 5) is 15.7. The van der Waals surface area contributed by atoms with Gasteiger partial charge in [-0.3, -0.25) is 9.69 Å². The van der Waals surface area contributed by atoms with Crippen LogP contribution in [0.25, 0.3) is 0 Å². The fraction of sp³-hybridized carbons (Fsp3) is 0.923. The molecule has 1 fully saturated rings. The van der Waals surface area contributed by atoms with E-state index in [1.54, 1.807) is 6.92 Å². The largest absolute Gasteiger partial charge is 0.466 e. The van der Waals surface area contributed by atoms with Crippen molar-refractivity contribution in [1.82, 2.24) is 9.80 Å². The van der Waals surface area contributed by atoms with Gasteiger partial charge in [-0.25, -0.2) is 0 Å². The van der Waals surface area contributed by atoms with E-state index in [4.69, 9.17) is 4.74 Å². The van der Waals surface area contributed by atoms with Gasteiger partial charge in [0.1, 0.15) is 0 Å². The number of nitrogens with zero attached hydrogens (tertiary/aromatic N) is 2. The predicted octanol–water partition coefficient (Wildman–Crippen LogP) is 0.182. The minimum absolute atomic E-state index is 0.0886. The van der Waals surface area contributed by atoms with Gasteiger partial charge >= 0.3 is 5.97 Å². The molecule has 1 aliphatic heterocycles. The summed E-state index contributed by atoms with van der Waals surface area (Å²) >= 11 is 0. The predicted molar refractivity (Wildman–Crippen MR) is 70.3 cm³/mol. The maximum Gasteiger partial charge on any atom is 0.308 e. The van der Waals surface area contributed by atoms with Gasteiger partial charge < -0.3 is 14.7 Å². The molecule has 0 bridgehead atoms. The summed E-state index contributed by atoms with van der Waals surface area (Å²) in [7, 11) is 4.17. The van der Waals surface area contributed by atoms with Crippen molar-refractivity contribution in [2.75, 3.05) is 40.3 Å². The van der Waals surface area contributed by atoms with Crippen LogP contribution in [0.1, 0.15) is 20.3 Å². The molecule has 3 unspecified atom stereocenters. The molecular weight excluding hydrogens is 232 g/mol. The summed E-state index contributed by atoms with van der Waals surface area (Å²) in [5, 5.41) is 9.86. The SMILES string of the molecule is CCOC(=O)CC(O)CN1CC(C)C(N(C)C)C1. The molecule has 0 aromatic heterocycles. The van der Waals surface area contributed by atoms with Gasteiger partial charge in [0.2, 0.25) is 0 Å². The molecule has 1 saturated heterocycles. The molecule has 106 valence electrons. The molecule has 0 aromatic carbocycles. The van der Waals surface area contributed by atoms with Gasteiger partial charge in [-0.05, 0) is 26.9 Å². The summed E-state index contributed by atoms with van der Waals surface area (Å²) in [6, 6.07) is 0.528. The Bertz CT molecular complexity index is 271. The van der Waals surface area contributed by atoms with Crippen molar-refractivity contribution in [1.29, 1.82) is 0 Å². The van der Waals surface area contributed by atoms with Crippen LogP contribution in [-0.2, 0) is 9.53 Å². The molecule has 18 heavy (non-hydrogen) atoms. The molecule has 1 rings (SSSR count). The van der Waals surface area contributed by atoms with Crippen molar-refractivity contribution < 1.29 is 14.6 Å². The molecule has 5 heteroatoms. The smallest absolute Gasteiger partial charge is 0.308 e. The lowest BCUT2D eigenvalue weighted by Gasteiger charge is -2.23. The van der Waals surface area contributed by atoms with Crippen molar-refractivity contribution in [3.63, 3.8) is 0 Å². The van der Waals surface area contributed by atoms with Crippen LogP contribution in [0.15, 0.2) is 0 Å². The van der Waals surface area contributed by atoms with Crippen LogP contribution in [-0.4, -0.2) is 73.4 Å². The van der Waals surface area contributed by atoms with E-state index in [9.17, 15) is 9.90 Å². The second-order valence-corrected chi connectivity index (χ2v) is 5.39. The van der Waals surface area contributed by atoms with E-state index >= 15 is 0 Å². The van der Waals surface area contributed by atoms with Gasteiger partial charge in [-0.1, -0.05) is 6.92 Å². The van der Waals surface area contributed by atoms with E-state index in [0.29, 0.717) is 25.1 Å². The van der Waals surface area contributed by atoms with Gasteiger partial charge in [0, 0.05) is 25.7 Å². The fourth-order valence-electron chi connectivity index (χ4n) is 2.64. The quantitative estimate of drug-likeness (QED) is 0.689. The van der Waals surface area contributed by atoms with Gasteiger partial charge in [0.05, 0.1) is 19.1 Å². The average Bonchev–Trinajstić information content (AvgIpc) is 2.59. The molecule has 0 aliphatic carbocycles. The fourth-order valence-corrected chi connectivity index (χ4v) is 2.64. The summed E-state index contributed by atoms with van der Waals surface area (Å²) in [5.74, 6) is 0.274. The van der Waals surface area contributed by atoms with Crippen molar-refractivity contribution in [3.8, 4) is 0 Å². The van der Waals surface area contributed by atoms with Crippen LogP contribution in [0, 0.1) is 5.92 Å². The van der Waals surface area contributed by atoms with E-state index in [0.717, 1.165) is 13.1 Å². The Morgan fingerprint density at radius 1 is 1.50 bits per heavy atom. The number of rotatable bonds is 6. The minimum atomic E-state index is -0.628. The first-order valence-electron chi connectivity index (χ1n) is 6.66. The number of aliphatic hydroxyl groups is 1. The highest BCUT2D eigenvalue weighted by molar-refractivity contribution is 5.69. The molecule has 0 saturated carbocycles. The number of esters is 1. The highest BCUT2D eigenvalue weighted by Gasteiger charge is 2.31. The lowest BCUT2D eigenvalue weighted by atomic mass is 10.1. The minimum Gasteiger partial charge on any atom is -0.466 e. The number of hydrogen-bond acceptors (Lipinski definition) is 5. The topological polar surface area (TPSA) is 53.0 Å². The molecule has 5 nitrogen and oxygen atoms in total. The van der Waals surface area contributed by atoms with Crippen LogP contribution in [0.2, 0.25) is 0 Å². The molecule has 0 spiro atoms. The van der Waals surface area contributed by atoms with Crippen LogP contribution in [0.3, 0.4) is 0 Å². The van der Waals surface area contributed by atoms with Crippen LogP contribution in [0.4, 0.5) is 0 Å².